The maximum atomic E-state index is 12.6. The van der Waals surface area contributed by atoms with Gasteiger partial charge in [0.05, 0.1) is 5.54 Å². The molecule has 1 fully saturated rings. The van der Waals surface area contributed by atoms with Gasteiger partial charge in [0.1, 0.15) is 0 Å². The van der Waals surface area contributed by atoms with E-state index in [9.17, 15) is 4.79 Å². The van der Waals surface area contributed by atoms with E-state index in [1.807, 2.05) is 0 Å². The van der Waals surface area contributed by atoms with Crippen LogP contribution in [0.1, 0.15) is 72.1 Å². The van der Waals surface area contributed by atoms with Crippen molar-refractivity contribution in [3.05, 3.63) is 0 Å². The first-order chi connectivity index (χ1) is 10.1. The van der Waals surface area contributed by atoms with Crippen LogP contribution in [0, 0.1) is 5.92 Å². The van der Waals surface area contributed by atoms with Crippen molar-refractivity contribution in [2.24, 2.45) is 11.7 Å². The van der Waals surface area contributed by atoms with Crippen LogP contribution in [0.3, 0.4) is 0 Å². The van der Waals surface area contributed by atoms with Crippen molar-refractivity contribution in [2.45, 2.75) is 77.7 Å². The van der Waals surface area contributed by atoms with Crippen LogP contribution < -0.4 is 11.1 Å². The Morgan fingerprint density at radius 2 is 1.90 bits per heavy atom. The highest BCUT2D eigenvalue weighted by atomic mass is 16.2. The molecule has 0 aliphatic heterocycles. The lowest BCUT2D eigenvalue weighted by molar-refractivity contribution is 0.0678. The summed E-state index contributed by atoms with van der Waals surface area (Å²) >= 11 is 0. The molecule has 0 aromatic heterocycles. The van der Waals surface area contributed by atoms with E-state index in [0.717, 1.165) is 51.1 Å². The minimum absolute atomic E-state index is 0.0886. The first-order valence-electron chi connectivity index (χ1n) is 8.89. The lowest BCUT2D eigenvalue weighted by atomic mass is 9.74. The number of nitrogens with zero attached hydrogens (tertiary/aromatic N) is 1. The first-order valence-corrected chi connectivity index (χ1v) is 8.89. The van der Waals surface area contributed by atoms with Crippen molar-refractivity contribution in [2.75, 3.05) is 19.6 Å². The molecule has 1 aliphatic rings. The summed E-state index contributed by atoms with van der Waals surface area (Å²) in [7, 11) is 0. The lowest BCUT2D eigenvalue weighted by Crippen LogP contribution is -2.60. The highest BCUT2D eigenvalue weighted by molar-refractivity contribution is 5.75. The Hall–Kier alpha value is -0.770. The Bertz CT molecular complexity index is 298. The fraction of sp³-hybridized carbons (Fsp3) is 0.941. The monoisotopic (exact) mass is 297 g/mol. The second-order valence-corrected chi connectivity index (χ2v) is 6.52. The lowest BCUT2D eigenvalue weighted by Gasteiger charge is -2.47. The molecular formula is C17H35N3O. The minimum Gasteiger partial charge on any atom is -0.338 e. The summed E-state index contributed by atoms with van der Waals surface area (Å²) in [4.78, 5) is 14.6. The maximum absolute atomic E-state index is 12.6. The molecule has 1 aliphatic carbocycles. The van der Waals surface area contributed by atoms with Crippen LogP contribution in [0.25, 0.3) is 0 Å². The summed E-state index contributed by atoms with van der Waals surface area (Å²) in [6, 6.07) is 0.0886. The number of urea groups is 1. The Morgan fingerprint density at radius 1 is 1.24 bits per heavy atom. The smallest absolute Gasteiger partial charge is 0.317 e. The van der Waals surface area contributed by atoms with Crippen LogP contribution >= 0.6 is 0 Å². The molecule has 21 heavy (non-hydrogen) atoms. The van der Waals surface area contributed by atoms with E-state index in [0.29, 0.717) is 6.54 Å². The minimum atomic E-state index is -0.113. The van der Waals surface area contributed by atoms with Gasteiger partial charge in [-0.05, 0) is 44.4 Å². The van der Waals surface area contributed by atoms with Gasteiger partial charge in [0, 0.05) is 19.6 Å². The molecule has 4 heteroatoms. The SMILES string of the molecule is CCCCNC(=O)N(CCC)C1(CN)CCC(CC)CC1. The van der Waals surface area contributed by atoms with E-state index in [-0.39, 0.29) is 11.6 Å². The fourth-order valence-corrected chi connectivity index (χ4v) is 3.45. The molecule has 0 unspecified atom stereocenters. The largest absolute Gasteiger partial charge is 0.338 e. The topological polar surface area (TPSA) is 58.4 Å². The number of carbonyl (C=O) groups is 1. The third kappa shape index (κ3) is 4.87. The molecule has 0 aromatic rings. The Labute approximate surface area is 130 Å². The summed E-state index contributed by atoms with van der Waals surface area (Å²) in [6.07, 6.45) is 8.91. The van der Waals surface area contributed by atoms with Gasteiger partial charge in [-0.25, -0.2) is 4.79 Å². The van der Waals surface area contributed by atoms with Gasteiger partial charge in [-0.15, -0.1) is 0 Å². The number of nitrogens with one attached hydrogen (secondary N) is 1. The highest BCUT2D eigenvalue weighted by Crippen LogP contribution is 2.37. The zero-order valence-corrected chi connectivity index (χ0v) is 14.3. The standard InChI is InChI=1S/C17H35N3O/c1-4-7-12-19-16(21)20(13-5-2)17(14-18)10-8-15(6-3)9-11-17/h15H,4-14,18H2,1-3H3,(H,19,21). The van der Waals surface area contributed by atoms with Gasteiger partial charge in [-0.3, -0.25) is 0 Å². The van der Waals surface area contributed by atoms with Gasteiger partial charge in [0.2, 0.25) is 0 Å². The quantitative estimate of drug-likeness (QED) is 0.674. The Balaban J connectivity index is 2.73. The van der Waals surface area contributed by atoms with Gasteiger partial charge in [-0.2, -0.15) is 0 Å². The molecule has 3 N–H and O–H groups in total. The van der Waals surface area contributed by atoms with E-state index >= 15 is 0 Å². The van der Waals surface area contributed by atoms with Crippen LogP contribution in [0.4, 0.5) is 4.79 Å². The Kier molecular flexibility index (Phi) is 8.09. The highest BCUT2D eigenvalue weighted by Gasteiger charge is 2.40. The summed E-state index contributed by atoms with van der Waals surface area (Å²) in [5.74, 6) is 0.816. The summed E-state index contributed by atoms with van der Waals surface area (Å²) in [5.41, 5.74) is 6.01. The first kappa shape index (κ1) is 18.3. The number of hydrogen-bond donors (Lipinski definition) is 2. The Morgan fingerprint density at radius 3 is 2.38 bits per heavy atom. The predicted molar refractivity (Wildman–Crippen MR) is 89.3 cm³/mol. The molecular weight excluding hydrogens is 262 g/mol. The van der Waals surface area contributed by atoms with Crippen molar-refractivity contribution in [3.8, 4) is 0 Å². The normalized spacial score (nSPS) is 25.6. The van der Waals surface area contributed by atoms with E-state index in [1.54, 1.807) is 0 Å². The van der Waals surface area contributed by atoms with Crippen LogP contribution in [0.2, 0.25) is 0 Å². The van der Waals surface area contributed by atoms with Gasteiger partial charge < -0.3 is 16.0 Å². The summed E-state index contributed by atoms with van der Waals surface area (Å²) < 4.78 is 0. The number of carbonyl (C=O) groups excluding carboxylic acids is 1. The number of rotatable bonds is 8. The predicted octanol–water partition coefficient (Wildman–Crippen LogP) is 3.51. The molecule has 0 atom stereocenters. The molecule has 0 saturated heterocycles. The van der Waals surface area contributed by atoms with Gasteiger partial charge in [0.15, 0.2) is 0 Å². The van der Waals surface area contributed by atoms with Gasteiger partial charge in [-0.1, -0.05) is 33.6 Å². The van der Waals surface area contributed by atoms with E-state index in [1.165, 1.54) is 19.3 Å². The van der Waals surface area contributed by atoms with E-state index in [4.69, 9.17) is 5.73 Å². The maximum Gasteiger partial charge on any atom is 0.317 e. The second-order valence-electron chi connectivity index (χ2n) is 6.52. The third-order valence-corrected chi connectivity index (χ3v) is 5.06. The molecule has 0 heterocycles. The molecule has 124 valence electrons. The average Bonchev–Trinajstić information content (AvgIpc) is 2.53. The van der Waals surface area contributed by atoms with Crippen molar-refractivity contribution < 1.29 is 4.79 Å². The molecule has 0 radical (unpaired) electrons. The van der Waals surface area contributed by atoms with Gasteiger partial charge >= 0.3 is 6.03 Å². The molecule has 1 saturated carbocycles. The van der Waals surface area contributed by atoms with Crippen molar-refractivity contribution in [3.63, 3.8) is 0 Å². The zero-order chi connectivity index (χ0) is 15.7. The number of amides is 2. The average molecular weight is 297 g/mol. The molecule has 0 aromatic carbocycles. The van der Waals surface area contributed by atoms with E-state index in [2.05, 4.69) is 31.0 Å². The molecule has 0 bridgehead atoms. The zero-order valence-electron chi connectivity index (χ0n) is 14.3. The molecule has 0 spiro atoms. The van der Waals surface area contributed by atoms with Gasteiger partial charge in [0.25, 0.3) is 0 Å². The van der Waals surface area contributed by atoms with Crippen LogP contribution in [-0.2, 0) is 0 Å². The second kappa shape index (κ2) is 9.29. The van der Waals surface area contributed by atoms with Crippen molar-refractivity contribution >= 4 is 6.03 Å². The third-order valence-electron chi connectivity index (χ3n) is 5.06. The van der Waals surface area contributed by atoms with Crippen LogP contribution in [-0.4, -0.2) is 36.1 Å². The van der Waals surface area contributed by atoms with E-state index < -0.39 is 0 Å². The van der Waals surface area contributed by atoms with Crippen molar-refractivity contribution in [1.82, 2.24) is 10.2 Å². The fourth-order valence-electron chi connectivity index (χ4n) is 3.45. The molecule has 4 nitrogen and oxygen atoms in total. The number of nitrogens with two attached hydrogens (primary N) is 1. The number of hydrogen-bond acceptors (Lipinski definition) is 2. The summed E-state index contributed by atoms with van der Waals surface area (Å²) in [6.45, 7) is 8.71. The molecule has 1 rings (SSSR count). The van der Waals surface area contributed by atoms with Crippen LogP contribution in [0.5, 0.6) is 0 Å². The number of unbranched alkanes of at least 4 members (excludes halogenated alkanes) is 1. The molecule has 2 amide bonds. The van der Waals surface area contributed by atoms with Crippen LogP contribution in [0.15, 0.2) is 0 Å². The van der Waals surface area contributed by atoms with Crippen molar-refractivity contribution in [1.29, 1.82) is 0 Å². The summed E-state index contributed by atoms with van der Waals surface area (Å²) in [5, 5.41) is 3.08.